The molecule has 0 aliphatic carbocycles. The zero-order valence-electron chi connectivity index (χ0n) is 16.4. The van der Waals surface area contributed by atoms with Gasteiger partial charge in [0.15, 0.2) is 0 Å². The fraction of sp³-hybridized carbons (Fsp3) is 0.273. The molecular weight excluding hydrogens is 375 g/mol. The third-order valence-electron chi connectivity index (χ3n) is 4.36. The van der Waals surface area contributed by atoms with Crippen molar-refractivity contribution < 1.29 is 13.9 Å². The molecule has 0 radical (unpaired) electrons. The van der Waals surface area contributed by atoms with Crippen LogP contribution in [-0.4, -0.2) is 22.3 Å². The number of rotatable bonds is 8. The average molecular weight is 398 g/mol. The van der Waals surface area contributed by atoms with E-state index in [0.717, 1.165) is 22.1 Å². The van der Waals surface area contributed by atoms with Crippen molar-refractivity contribution in [3.05, 3.63) is 92.5 Å². The van der Waals surface area contributed by atoms with Gasteiger partial charge in [-0.3, -0.25) is 13.9 Å². The van der Waals surface area contributed by atoms with Gasteiger partial charge in [0.05, 0.1) is 32.5 Å². The van der Waals surface area contributed by atoms with E-state index in [1.807, 2.05) is 13.8 Å². The van der Waals surface area contributed by atoms with Gasteiger partial charge >= 0.3 is 5.69 Å². The number of hydrogen-bond donors (Lipinski definition) is 0. The molecule has 3 rings (SSSR count). The summed E-state index contributed by atoms with van der Waals surface area (Å²) in [5.74, 6) is 0.437. The Morgan fingerprint density at radius 2 is 1.28 bits per heavy atom. The van der Waals surface area contributed by atoms with Gasteiger partial charge in [-0.05, 0) is 49.2 Å². The SMILES string of the molecule is CCOc1ccc(Cn2cc(F)c(=O)n(Cc3ccc(OCC)cc3)c2=O)cc1. The monoisotopic (exact) mass is 398 g/mol. The molecular formula is C22H23FN2O4. The Balaban J connectivity index is 1.87. The number of halogens is 1. The third-order valence-corrected chi connectivity index (χ3v) is 4.36. The minimum Gasteiger partial charge on any atom is -0.494 e. The van der Waals surface area contributed by atoms with Crippen molar-refractivity contribution in [2.45, 2.75) is 26.9 Å². The van der Waals surface area contributed by atoms with Crippen LogP contribution in [0.3, 0.4) is 0 Å². The van der Waals surface area contributed by atoms with Crippen molar-refractivity contribution in [1.29, 1.82) is 0 Å². The third kappa shape index (κ3) is 4.93. The molecule has 0 N–H and O–H groups in total. The molecule has 0 amide bonds. The van der Waals surface area contributed by atoms with Crippen LogP contribution in [0.2, 0.25) is 0 Å². The number of nitrogens with zero attached hydrogens (tertiary/aromatic N) is 2. The van der Waals surface area contributed by atoms with Gasteiger partial charge in [-0.2, -0.15) is 4.39 Å². The molecule has 1 heterocycles. The van der Waals surface area contributed by atoms with Gasteiger partial charge in [0, 0.05) is 0 Å². The summed E-state index contributed by atoms with van der Waals surface area (Å²) in [6.07, 6.45) is 0.954. The van der Waals surface area contributed by atoms with Crippen LogP contribution in [0.15, 0.2) is 64.3 Å². The maximum atomic E-state index is 14.2. The first kappa shape index (κ1) is 20.4. The molecule has 0 aliphatic heterocycles. The Bertz CT molecular complexity index is 1070. The molecule has 2 aromatic carbocycles. The Morgan fingerprint density at radius 3 is 1.76 bits per heavy atom. The highest BCUT2D eigenvalue weighted by Gasteiger charge is 2.12. The lowest BCUT2D eigenvalue weighted by Crippen LogP contribution is -2.41. The van der Waals surface area contributed by atoms with E-state index in [1.165, 1.54) is 4.57 Å². The van der Waals surface area contributed by atoms with E-state index < -0.39 is 17.1 Å². The van der Waals surface area contributed by atoms with Crippen LogP contribution in [0.5, 0.6) is 11.5 Å². The molecule has 0 saturated carbocycles. The summed E-state index contributed by atoms with van der Waals surface area (Å²) in [5, 5.41) is 0. The number of aromatic nitrogens is 2. The zero-order valence-corrected chi connectivity index (χ0v) is 16.4. The van der Waals surface area contributed by atoms with Gasteiger partial charge in [0.2, 0.25) is 5.82 Å². The molecule has 0 fully saturated rings. The first-order valence-electron chi connectivity index (χ1n) is 9.45. The van der Waals surface area contributed by atoms with Gasteiger partial charge in [0.1, 0.15) is 11.5 Å². The summed E-state index contributed by atoms with van der Waals surface area (Å²) in [5.41, 5.74) is -0.0157. The second kappa shape index (κ2) is 9.23. The standard InChI is InChI=1S/C22H23FN2O4/c1-3-28-18-9-5-16(6-10-18)13-24-15-20(23)21(26)25(22(24)27)14-17-7-11-19(12-8-17)29-4-2/h5-12,15H,3-4,13-14H2,1-2H3. The van der Waals surface area contributed by atoms with Crippen molar-refractivity contribution >= 4 is 0 Å². The van der Waals surface area contributed by atoms with Gasteiger partial charge in [-0.15, -0.1) is 0 Å². The Labute approximate surface area is 167 Å². The smallest absolute Gasteiger partial charge is 0.331 e. The highest BCUT2D eigenvalue weighted by Crippen LogP contribution is 2.14. The summed E-state index contributed by atoms with van der Waals surface area (Å²) in [6, 6.07) is 14.2. The van der Waals surface area contributed by atoms with E-state index in [1.54, 1.807) is 48.5 Å². The highest BCUT2D eigenvalue weighted by atomic mass is 19.1. The van der Waals surface area contributed by atoms with E-state index in [4.69, 9.17) is 9.47 Å². The normalized spacial score (nSPS) is 10.7. The molecule has 0 atom stereocenters. The fourth-order valence-electron chi connectivity index (χ4n) is 2.97. The molecule has 0 spiro atoms. The molecule has 152 valence electrons. The van der Waals surface area contributed by atoms with Crippen molar-refractivity contribution in [1.82, 2.24) is 9.13 Å². The number of benzene rings is 2. The molecule has 0 unspecified atom stereocenters. The molecule has 6 nitrogen and oxygen atoms in total. The highest BCUT2D eigenvalue weighted by molar-refractivity contribution is 5.28. The van der Waals surface area contributed by atoms with Crippen LogP contribution < -0.4 is 20.7 Å². The lowest BCUT2D eigenvalue weighted by atomic mass is 10.2. The Morgan fingerprint density at radius 1 is 0.793 bits per heavy atom. The van der Waals surface area contributed by atoms with E-state index >= 15 is 0 Å². The van der Waals surface area contributed by atoms with Crippen molar-refractivity contribution in [2.75, 3.05) is 13.2 Å². The van der Waals surface area contributed by atoms with Crippen LogP contribution in [0.25, 0.3) is 0 Å². The first-order chi connectivity index (χ1) is 14.0. The van der Waals surface area contributed by atoms with Crippen LogP contribution in [0, 0.1) is 5.82 Å². The first-order valence-corrected chi connectivity index (χ1v) is 9.45. The molecule has 29 heavy (non-hydrogen) atoms. The van der Waals surface area contributed by atoms with Crippen molar-refractivity contribution in [3.8, 4) is 11.5 Å². The number of ether oxygens (including phenoxy) is 2. The van der Waals surface area contributed by atoms with Gasteiger partial charge < -0.3 is 9.47 Å². The van der Waals surface area contributed by atoms with Gasteiger partial charge in [-0.25, -0.2) is 4.79 Å². The van der Waals surface area contributed by atoms with Gasteiger partial charge in [-0.1, -0.05) is 24.3 Å². The summed E-state index contributed by atoms with van der Waals surface area (Å²) in [7, 11) is 0. The fourth-order valence-corrected chi connectivity index (χ4v) is 2.97. The topological polar surface area (TPSA) is 62.5 Å². The van der Waals surface area contributed by atoms with Crippen LogP contribution in [0.1, 0.15) is 25.0 Å². The molecule has 7 heteroatoms. The molecule has 0 aliphatic rings. The maximum absolute atomic E-state index is 14.2. The average Bonchev–Trinajstić information content (AvgIpc) is 2.72. The lowest BCUT2D eigenvalue weighted by molar-refractivity contribution is 0.340. The van der Waals surface area contributed by atoms with Crippen LogP contribution >= 0.6 is 0 Å². The Kier molecular flexibility index (Phi) is 6.49. The Hall–Kier alpha value is -3.35. The van der Waals surface area contributed by atoms with Crippen molar-refractivity contribution in [2.24, 2.45) is 0 Å². The maximum Gasteiger partial charge on any atom is 0.331 e. The van der Waals surface area contributed by atoms with Crippen molar-refractivity contribution in [3.63, 3.8) is 0 Å². The molecule has 3 aromatic rings. The lowest BCUT2D eigenvalue weighted by Gasteiger charge is -2.12. The largest absolute Gasteiger partial charge is 0.494 e. The summed E-state index contributed by atoms with van der Waals surface area (Å²) in [6.45, 7) is 4.99. The van der Waals surface area contributed by atoms with Gasteiger partial charge in [0.25, 0.3) is 5.56 Å². The summed E-state index contributed by atoms with van der Waals surface area (Å²) < 4.78 is 27.1. The van der Waals surface area contributed by atoms with Crippen LogP contribution in [0.4, 0.5) is 4.39 Å². The van der Waals surface area contributed by atoms with E-state index in [9.17, 15) is 14.0 Å². The predicted molar refractivity (Wildman–Crippen MR) is 108 cm³/mol. The molecule has 1 aromatic heterocycles. The zero-order chi connectivity index (χ0) is 20.8. The second-order valence-corrected chi connectivity index (χ2v) is 6.43. The summed E-state index contributed by atoms with van der Waals surface area (Å²) in [4.78, 5) is 25.0. The second-order valence-electron chi connectivity index (χ2n) is 6.43. The number of hydrogen-bond acceptors (Lipinski definition) is 4. The minimum atomic E-state index is -0.971. The van der Waals surface area contributed by atoms with Crippen LogP contribution in [-0.2, 0) is 13.1 Å². The summed E-state index contributed by atoms with van der Waals surface area (Å²) >= 11 is 0. The van der Waals surface area contributed by atoms with E-state index in [2.05, 4.69) is 0 Å². The predicted octanol–water partition coefficient (Wildman–Crippen LogP) is 3.04. The van der Waals surface area contributed by atoms with E-state index in [-0.39, 0.29) is 13.1 Å². The molecule has 0 bridgehead atoms. The van der Waals surface area contributed by atoms with E-state index in [0.29, 0.717) is 24.5 Å². The quantitative estimate of drug-likeness (QED) is 0.585. The molecule has 0 saturated heterocycles. The minimum absolute atomic E-state index is 0.0227.